The molecule has 4 fully saturated rings. The van der Waals surface area contributed by atoms with Gasteiger partial charge >= 0.3 is 0 Å². The number of β-amino-alcohol motifs (C(OH)–C–C–N with tert-alkyl or cyclic N) is 1. The summed E-state index contributed by atoms with van der Waals surface area (Å²) in [6, 6.07) is 10.2. The summed E-state index contributed by atoms with van der Waals surface area (Å²) in [7, 11) is -4.21. The average molecular weight is 532 g/mol. The van der Waals surface area contributed by atoms with Crippen molar-refractivity contribution in [1.82, 2.24) is 9.71 Å². The molecule has 2 heterocycles. The Morgan fingerprint density at radius 3 is 2.58 bits per heavy atom. The minimum atomic E-state index is -4.21. The van der Waals surface area contributed by atoms with Gasteiger partial charge in [-0.05, 0) is 73.3 Å². The van der Waals surface area contributed by atoms with Crippen LogP contribution in [0.15, 0.2) is 41.4 Å². The third-order valence-corrected chi connectivity index (χ3v) is 9.78. The minimum absolute atomic E-state index is 0.241. The standard InChI is InChI=1S/C26H30ClN3O5S/c27-18-5-6-20(17-14-25(15-17)8-2-9-25)21(13-18)35-26(10-11-26)24(32)29-36(33,34)23-4-1-3-22(28-23)30-12-7-19(31)16-30/h1,3-6,13,17,19,31H,2,7-12,14-16H2,(H,29,32)/t19-/m0/s1. The zero-order valence-corrected chi connectivity index (χ0v) is 21.5. The molecule has 0 unspecified atom stereocenters. The van der Waals surface area contributed by atoms with Crippen molar-refractivity contribution in [2.75, 3.05) is 18.0 Å². The van der Waals surface area contributed by atoms with Gasteiger partial charge in [0.05, 0.1) is 6.10 Å². The van der Waals surface area contributed by atoms with Gasteiger partial charge in [-0.2, -0.15) is 8.42 Å². The molecule has 2 aromatic rings. The number of nitrogens with one attached hydrogen (secondary N) is 1. The molecule has 0 bridgehead atoms. The highest BCUT2D eigenvalue weighted by Crippen LogP contribution is 2.63. The molecular weight excluding hydrogens is 502 g/mol. The largest absolute Gasteiger partial charge is 0.477 e. The maximum absolute atomic E-state index is 13.2. The van der Waals surface area contributed by atoms with E-state index in [-0.39, 0.29) is 5.03 Å². The Balaban J connectivity index is 1.18. The molecule has 10 heteroatoms. The van der Waals surface area contributed by atoms with Crippen LogP contribution in [0.1, 0.15) is 62.8 Å². The van der Waals surface area contributed by atoms with E-state index in [1.165, 1.54) is 25.3 Å². The van der Waals surface area contributed by atoms with Crippen LogP contribution in [-0.2, 0) is 14.8 Å². The van der Waals surface area contributed by atoms with Gasteiger partial charge in [0.1, 0.15) is 11.6 Å². The lowest BCUT2D eigenvalue weighted by Crippen LogP contribution is -2.44. The van der Waals surface area contributed by atoms with Crippen LogP contribution in [0.5, 0.6) is 5.75 Å². The van der Waals surface area contributed by atoms with Crippen LogP contribution in [0.4, 0.5) is 5.82 Å². The van der Waals surface area contributed by atoms with Crippen LogP contribution in [0.2, 0.25) is 5.02 Å². The molecule has 1 aromatic heterocycles. The molecular formula is C26H30ClN3O5S. The van der Waals surface area contributed by atoms with Gasteiger partial charge in [-0.1, -0.05) is 30.2 Å². The SMILES string of the molecule is O=C(NS(=O)(=O)c1cccc(N2CC[C@H](O)C2)n1)C1(Oc2cc(Cl)ccc2C2CC3(CCC3)C2)CC1. The fraction of sp³-hybridized carbons (Fsp3) is 0.538. The van der Waals surface area contributed by atoms with Crippen molar-refractivity contribution in [3.05, 3.63) is 47.0 Å². The van der Waals surface area contributed by atoms with Gasteiger partial charge in [-0.3, -0.25) is 4.79 Å². The van der Waals surface area contributed by atoms with E-state index in [0.717, 1.165) is 18.4 Å². The number of ether oxygens (including phenoxy) is 1. The number of aliphatic hydroxyl groups excluding tert-OH is 1. The lowest BCUT2D eigenvalue weighted by Gasteiger charge is -2.54. The van der Waals surface area contributed by atoms with Gasteiger partial charge < -0.3 is 14.7 Å². The molecule has 3 saturated carbocycles. The Bertz CT molecular complexity index is 1300. The zero-order chi connectivity index (χ0) is 25.1. The van der Waals surface area contributed by atoms with E-state index >= 15 is 0 Å². The molecule has 3 aliphatic carbocycles. The number of carbonyl (C=O) groups is 1. The number of aromatic nitrogens is 1. The molecule has 4 aliphatic rings. The number of sulfonamides is 1. The second-order valence-electron chi connectivity index (χ2n) is 10.9. The highest BCUT2D eigenvalue weighted by molar-refractivity contribution is 7.90. The molecule has 1 spiro atoms. The van der Waals surface area contributed by atoms with Gasteiger partial charge in [-0.15, -0.1) is 0 Å². The van der Waals surface area contributed by atoms with E-state index in [1.807, 2.05) is 17.0 Å². The molecule has 2 N–H and O–H groups in total. The summed E-state index contributed by atoms with van der Waals surface area (Å²) in [6.07, 6.45) is 7.09. The molecule has 1 atom stereocenters. The van der Waals surface area contributed by atoms with Crippen LogP contribution in [0, 0.1) is 5.41 Å². The van der Waals surface area contributed by atoms with E-state index < -0.39 is 27.6 Å². The monoisotopic (exact) mass is 531 g/mol. The Morgan fingerprint density at radius 1 is 1.17 bits per heavy atom. The first-order valence-corrected chi connectivity index (χ1v) is 14.5. The number of benzene rings is 1. The minimum Gasteiger partial charge on any atom is -0.477 e. The summed E-state index contributed by atoms with van der Waals surface area (Å²) in [5.74, 6) is 0.699. The van der Waals surface area contributed by atoms with E-state index in [4.69, 9.17) is 16.3 Å². The molecule has 1 saturated heterocycles. The Labute approximate surface area is 216 Å². The molecule has 1 amide bonds. The van der Waals surface area contributed by atoms with Crippen molar-refractivity contribution >= 4 is 33.3 Å². The van der Waals surface area contributed by atoms with Crippen LogP contribution in [0.25, 0.3) is 0 Å². The summed E-state index contributed by atoms with van der Waals surface area (Å²) in [4.78, 5) is 19.3. The molecule has 6 rings (SSSR count). The summed E-state index contributed by atoms with van der Waals surface area (Å²) in [6.45, 7) is 0.981. The Kier molecular flexibility index (Phi) is 5.73. The number of aliphatic hydroxyl groups is 1. The Morgan fingerprint density at radius 2 is 1.94 bits per heavy atom. The maximum atomic E-state index is 13.2. The topological polar surface area (TPSA) is 109 Å². The van der Waals surface area contributed by atoms with Gasteiger partial charge in [0.15, 0.2) is 10.6 Å². The first-order valence-electron chi connectivity index (χ1n) is 12.6. The number of rotatable bonds is 7. The second-order valence-corrected chi connectivity index (χ2v) is 13.0. The predicted molar refractivity (Wildman–Crippen MR) is 135 cm³/mol. The summed E-state index contributed by atoms with van der Waals surface area (Å²) in [5, 5.41) is 10.1. The van der Waals surface area contributed by atoms with Gasteiger partial charge in [-0.25, -0.2) is 9.71 Å². The highest BCUT2D eigenvalue weighted by Gasteiger charge is 2.55. The fourth-order valence-electron chi connectivity index (χ4n) is 5.87. The number of pyridine rings is 1. The summed E-state index contributed by atoms with van der Waals surface area (Å²) in [5.41, 5.74) is 0.293. The van der Waals surface area contributed by atoms with Gasteiger partial charge in [0, 0.05) is 31.0 Å². The zero-order valence-electron chi connectivity index (χ0n) is 20.0. The smallest absolute Gasteiger partial charge is 0.281 e. The molecule has 8 nitrogen and oxygen atoms in total. The molecule has 192 valence electrons. The second kappa shape index (κ2) is 8.60. The average Bonchev–Trinajstić information content (AvgIpc) is 3.44. The van der Waals surface area contributed by atoms with Crippen molar-refractivity contribution < 1.29 is 23.1 Å². The number of amides is 1. The molecule has 36 heavy (non-hydrogen) atoms. The van der Waals surface area contributed by atoms with Crippen LogP contribution < -0.4 is 14.4 Å². The molecule has 1 aliphatic heterocycles. The normalized spacial score (nSPS) is 24.2. The molecule has 0 radical (unpaired) electrons. The van der Waals surface area contributed by atoms with Crippen LogP contribution >= 0.6 is 11.6 Å². The third kappa shape index (κ3) is 4.35. The number of hydrogen-bond acceptors (Lipinski definition) is 7. The maximum Gasteiger partial charge on any atom is 0.281 e. The van der Waals surface area contributed by atoms with Crippen molar-refractivity contribution in [2.24, 2.45) is 5.41 Å². The quantitative estimate of drug-likeness (QED) is 0.559. The molecule has 1 aromatic carbocycles. The van der Waals surface area contributed by atoms with Crippen molar-refractivity contribution in [1.29, 1.82) is 0 Å². The van der Waals surface area contributed by atoms with E-state index in [9.17, 15) is 18.3 Å². The van der Waals surface area contributed by atoms with Gasteiger partial charge in [0.2, 0.25) is 0 Å². The summed E-state index contributed by atoms with van der Waals surface area (Å²) < 4.78 is 34.5. The van der Waals surface area contributed by atoms with E-state index in [0.29, 0.717) is 60.3 Å². The van der Waals surface area contributed by atoms with Crippen molar-refractivity contribution in [3.63, 3.8) is 0 Å². The number of hydrogen-bond donors (Lipinski definition) is 2. The fourth-order valence-corrected chi connectivity index (χ4v) is 7.04. The third-order valence-electron chi connectivity index (χ3n) is 8.31. The van der Waals surface area contributed by atoms with Crippen LogP contribution in [-0.4, -0.2) is 49.2 Å². The number of nitrogens with zero attached hydrogens (tertiary/aromatic N) is 2. The first-order chi connectivity index (χ1) is 17.2. The van der Waals surface area contributed by atoms with E-state index in [2.05, 4.69) is 9.71 Å². The number of halogens is 1. The predicted octanol–water partition coefficient (Wildman–Crippen LogP) is 3.77. The van der Waals surface area contributed by atoms with Crippen molar-refractivity contribution in [2.45, 2.75) is 74.0 Å². The number of anilines is 1. The summed E-state index contributed by atoms with van der Waals surface area (Å²) >= 11 is 6.27. The van der Waals surface area contributed by atoms with Crippen LogP contribution in [0.3, 0.4) is 0 Å². The number of carbonyl (C=O) groups excluding carboxylic acids is 1. The highest BCUT2D eigenvalue weighted by atomic mass is 35.5. The lowest BCUT2D eigenvalue weighted by atomic mass is 9.50. The Hall–Kier alpha value is -2.36. The van der Waals surface area contributed by atoms with Gasteiger partial charge in [0.25, 0.3) is 15.9 Å². The van der Waals surface area contributed by atoms with Crippen molar-refractivity contribution in [3.8, 4) is 5.75 Å². The first kappa shape index (κ1) is 24.0. The van der Waals surface area contributed by atoms with E-state index in [1.54, 1.807) is 18.2 Å². The lowest BCUT2D eigenvalue weighted by molar-refractivity contribution is -0.128.